The molecule has 2 heterocycles. The standard InChI is InChI=1S/C25H31N3O3/c1-27-15-21(20-11-6-3-7-12-20)25(24(27)30)13-8-14-28(18-25)23(29)22(26)17-31-16-19-9-4-2-5-10-19/h2-7,9-12,21-22H,8,13-18,26H2,1H3/t21?,22-,25?/m1/s1. The van der Waals surface area contributed by atoms with E-state index in [1.165, 1.54) is 0 Å². The zero-order valence-corrected chi connectivity index (χ0v) is 18.1. The van der Waals surface area contributed by atoms with Crippen LogP contribution in [0.2, 0.25) is 0 Å². The van der Waals surface area contributed by atoms with Crippen molar-refractivity contribution in [3.63, 3.8) is 0 Å². The van der Waals surface area contributed by atoms with E-state index in [2.05, 4.69) is 12.1 Å². The molecule has 0 aliphatic carbocycles. The molecule has 4 rings (SSSR count). The molecule has 2 aliphatic rings. The van der Waals surface area contributed by atoms with Crippen LogP contribution in [-0.2, 0) is 20.9 Å². The molecule has 6 nitrogen and oxygen atoms in total. The molecule has 164 valence electrons. The van der Waals surface area contributed by atoms with Crippen molar-refractivity contribution in [2.45, 2.75) is 31.4 Å². The van der Waals surface area contributed by atoms with Gasteiger partial charge < -0.3 is 20.3 Å². The van der Waals surface area contributed by atoms with Crippen molar-refractivity contribution in [2.24, 2.45) is 11.1 Å². The Balaban J connectivity index is 1.44. The smallest absolute Gasteiger partial charge is 0.241 e. The highest BCUT2D eigenvalue weighted by Gasteiger charge is 2.55. The highest BCUT2D eigenvalue weighted by Crippen LogP contribution is 2.49. The lowest BCUT2D eigenvalue weighted by molar-refractivity contribution is -0.144. The quantitative estimate of drug-likeness (QED) is 0.777. The molecule has 2 amide bonds. The van der Waals surface area contributed by atoms with Gasteiger partial charge in [0.2, 0.25) is 11.8 Å². The first-order chi connectivity index (χ1) is 15.0. The van der Waals surface area contributed by atoms with Crippen LogP contribution >= 0.6 is 0 Å². The number of hydrogen-bond acceptors (Lipinski definition) is 4. The summed E-state index contributed by atoms with van der Waals surface area (Å²) >= 11 is 0. The fraction of sp³-hybridized carbons (Fsp3) is 0.440. The summed E-state index contributed by atoms with van der Waals surface area (Å²) in [5, 5.41) is 0. The summed E-state index contributed by atoms with van der Waals surface area (Å²) < 4.78 is 5.69. The maximum absolute atomic E-state index is 13.3. The van der Waals surface area contributed by atoms with Crippen LogP contribution < -0.4 is 5.73 Å². The second-order valence-corrected chi connectivity index (χ2v) is 8.78. The van der Waals surface area contributed by atoms with Crippen LogP contribution in [0.4, 0.5) is 0 Å². The SMILES string of the molecule is CN1CC(c2ccccc2)C2(CCCN(C(=O)[C@H](N)COCc3ccccc3)C2)C1=O. The van der Waals surface area contributed by atoms with E-state index in [0.717, 1.165) is 24.0 Å². The second kappa shape index (κ2) is 9.20. The van der Waals surface area contributed by atoms with Gasteiger partial charge in [0.05, 0.1) is 18.6 Å². The molecule has 2 saturated heterocycles. The Morgan fingerprint density at radius 3 is 2.55 bits per heavy atom. The molecule has 2 aromatic rings. The number of amides is 2. The Morgan fingerprint density at radius 2 is 1.84 bits per heavy atom. The molecule has 6 heteroatoms. The average molecular weight is 422 g/mol. The number of carbonyl (C=O) groups excluding carboxylic acids is 2. The molecule has 1 spiro atoms. The molecule has 3 atom stereocenters. The Bertz CT molecular complexity index is 905. The highest BCUT2D eigenvalue weighted by molar-refractivity contribution is 5.89. The van der Waals surface area contributed by atoms with E-state index >= 15 is 0 Å². The van der Waals surface area contributed by atoms with Crippen LogP contribution in [0, 0.1) is 5.41 Å². The summed E-state index contributed by atoms with van der Waals surface area (Å²) in [4.78, 5) is 30.0. The molecular formula is C25H31N3O3. The third-order valence-electron chi connectivity index (χ3n) is 6.66. The molecule has 2 unspecified atom stereocenters. The number of hydrogen-bond donors (Lipinski definition) is 1. The van der Waals surface area contributed by atoms with Gasteiger partial charge in [0.25, 0.3) is 0 Å². The number of benzene rings is 2. The van der Waals surface area contributed by atoms with Gasteiger partial charge in [-0.3, -0.25) is 9.59 Å². The van der Waals surface area contributed by atoms with E-state index < -0.39 is 11.5 Å². The number of likely N-dealkylation sites (tertiary alicyclic amines) is 2. The number of nitrogens with zero attached hydrogens (tertiary/aromatic N) is 2. The lowest BCUT2D eigenvalue weighted by atomic mass is 9.69. The molecular weight excluding hydrogens is 390 g/mol. The summed E-state index contributed by atoms with van der Waals surface area (Å²) in [6.45, 7) is 2.31. The van der Waals surface area contributed by atoms with Crippen LogP contribution in [0.25, 0.3) is 0 Å². The number of carbonyl (C=O) groups is 2. The first kappa shape index (κ1) is 21.5. The van der Waals surface area contributed by atoms with E-state index in [9.17, 15) is 9.59 Å². The predicted molar refractivity (Wildman–Crippen MR) is 119 cm³/mol. The molecule has 2 fully saturated rings. The van der Waals surface area contributed by atoms with Crippen LogP contribution in [0.1, 0.15) is 29.9 Å². The average Bonchev–Trinajstić information content (AvgIpc) is 3.04. The van der Waals surface area contributed by atoms with Crippen molar-refractivity contribution < 1.29 is 14.3 Å². The van der Waals surface area contributed by atoms with E-state index in [1.54, 1.807) is 4.90 Å². The highest BCUT2D eigenvalue weighted by atomic mass is 16.5. The van der Waals surface area contributed by atoms with Crippen molar-refractivity contribution >= 4 is 11.8 Å². The fourth-order valence-corrected chi connectivity index (χ4v) is 5.09. The van der Waals surface area contributed by atoms with Crippen LogP contribution in [-0.4, -0.2) is 60.9 Å². The minimum Gasteiger partial charge on any atom is -0.375 e. The van der Waals surface area contributed by atoms with E-state index in [-0.39, 0.29) is 24.3 Å². The van der Waals surface area contributed by atoms with Gasteiger partial charge in [-0.15, -0.1) is 0 Å². The molecule has 2 aliphatic heterocycles. The lowest BCUT2D eigenvalue weighted by Crippen LogP contribution is -2.55. The van der Waals surface area contributed by atoms with Crippen molar-refractivity contribution in [2.75, 3.05) is 33.3 Å². The molecule has 0 radical (unpaired) electrons. The van der Waals surface area contributed by atoms with Gasteiger partial charge >= 0.3 is 0 Å². The van der Waals surface area contributed by atoms with E-state index in [1.807, 2.05) is 60.5 Å². The molecule has 0 saturated carbocycles. The minimum atomic E-state index is -0.733. The largest absolute Gasteiger partial charge is 0.375 e. The number of piperidine rings is 1. The van der Waals surface area contributed by atoms with Crippen LogP contribution in [0.3, 0.4) is 0 Å². The summed E-state index contributed by atoms with van der Waals surface area (Å²) in [7, 11) is 1.86. The minimum absolute atomic E-state index is 0.0763. The first-order valence-electron chi connectivity index (χ1n) is 11.0. The predicted octanol–water partition coefficient (Wildman–Crippen LogP) is 2.40. The molecule has 31 heavy (non-hydrogen) atoms. The summed E-state index contributed by atoms with van der Waals surface area (Å²) in [5.74, 6) is 0.0707. The number of likely N-dealkylation sites (N-methyl/N-ethyl adjacent to an activating group) is 1. The molecule has 2 aromatic carbocycles. The zero-order valence-electron chi connectivity index (χ0n) is 18.1. The van der Waals surface area contributed by atoms with E-state index in [0.29, 0.717) is 26.2 Å². The second-order valence-electron chi connectivity index (χ2n) is 8.78. The van der Waals surface area contributed by atoms with Gasteiger partial charge in [0.1, 0.15) is 6.04 Å². The normalized spacial score (nSPS) is 24.6. The monoisotopic (exact) mass is 421 g/mol. The van der Waals surface area contributed by atoms with Crippen LogP contribution in [0.5, 0.6) is 0 Å². The van der Waals surface area contributed by atoms with Crippen molar-refractivity contribution in [3.8, 4) is 0 Å². The van der Waals surface area contributed by atoms with Crippen molar-refractivity contribution in [1.29, 1.82) is 0 Å². The maximum Gasteiger partial charge on any atom is 0.241 e. The fourth-order valence-electron chi connectivity index (χ4n) is 5.09. The van der Waals surface area contributed by atoms with Crippen molar-refractivity contribution in [1.82, 2.24) is 9.80 Å². The topological polar surface area (TPSA) is 75.9 Å². The number of nitrogens with two attached hydrogens (primary N) is 1. The van der Waals surface area contributed by atoms with Crippen LogP contribution in [0.15, 0.2) is 60.7 Å². The molecule has 0 aromatic heterocycles. The summed E-state index contributed by atoms with van der Waals surface area (Å²) in [6.07, 6.45) is 1.59. The van der Waals surface area contributed by atoms with Gasteiger partial charge in [-0.1, -0.05) is 60.7 Å². The summed E-state index contributed by atoms with van der Waals surface area (Å²) in [5.41, 5.74) is 7.82. The van der Waals surface area contributed by atoms with Gasteiger partial charge in [-0.25, -0.2) is 0 Å². The van der Waals surface area contributed by atoms with Gasteiger partial charge in [0, 0.05) is 32.6 Å². The maximum atomic E-state index is 13.3. The van der Waals surface area contributed by atoms with E-state index in [4.69, 9.17) is 10.5 Å². The molecule has 0 bridgehead atoms. The van der Waals surface area contributed by atoms with Gasteiger partial charge in [0.15, 0.2) is 0 Å². The Labute approximate surface area is 184 Å². The van der Waals surface area contributed by atoms with Gasteiger partial charge in [-0.2, -0.15) is 0 Å². The zero-order chi connectivity index (χ0) is 21.8. The van der Waals surface area contributed by atoms with Crippen molar-refractivity contribution in [3.05, 3.63) is 71.8 Å². The third kappa shape index (κ3) is 4.36. The Morgan fingerprint density at radius 1 is 1.16 bits per heavy atom. The number of ether oxygens (including phenoxy) is 1. The Kier molecular flexibility index (Phi) is 6.39. The number of rotatable bonds is 6. The third-order valence-corrected chi connectivity index (χ3v) is 6.66. The van der Waals surface area contributed by atoms with Gasteiger partial charge in [-0.05, 0) is 24.0 Å². The lowest BCUT2D eigenvalue weighted by Gasteiger charge is -2.42. The first-order valence-corrected chi connectivity index (χ1v) is 11.0. The summed E-state index contributed by atoms with van der Waals surface area (Å²) in [6, 6.07) is 19.3. The molecule has 2 N–H and O–H groups in total. The Hall–Kier alpha value is -2.70.